The van der Waals surface area contributed by atoms with Gasteiger partial charge in [-0.05, 0) is 70.6 Å². The van der Waals surface area contributed by atoms with Crippen molar-refractivity contribution in [3.63, 3.8) is 0 Å². The molecule has 1 atom stereocenters. The van der Waals surface area contributed by atoms with E-state index >= 15 is 0 Å². The summed E-state index contributed by atoms with van der Waals surface area (Å²) in [7, 11) is 0. The highest BCUT2D eigenvalue weighted by Crippen LogP contribution is 2.13. The molecule has 0 spiro atoms. The van der Waals surface area contributed by atoms with E-state index in [2.05, 4.69) is 75.5 Å². The van der Waals surface area contributed by atoms with Gasteiger partial charge in [0.1, 0.15) is 13.2 Å². The normalized spacial score (nSPS) is 13.1. The number of ether oxygens (including phenoxy) is 3. The summed E-state index contributed by atoms with van der Waals surface area (Å²) in [6.45, 7) is 6.25. The van der Waals surface area contributed by atoms with Gasteiger partial charge in [-0.2, -0.15) is 0 Å². The van der Waals surface area contributed by atoms with Crippen molar-refractivity contribution < 1.29 is 28.6 Å². The molecular weight excluding hydrogens is 721 g/mol. The number of carbonyl (C=O) groups excluding carboxylic acids is 3. The van der Waals surface area contributed by atoms with Gasteiger partial charge in [0.2, 0.25) is 0 Å². The summed E-state index contributed by atoms with van der Waals surface area (Å²) in [5.41, 5.74) is 0. The Morgan fingerprint density at radius 2 is 0.776 bits per heavy atom. The fourth-order valence-electron chi connectivity index (χ4n) is 5.76. The fourth-order valence-corrected chi connectivity index (χ4v) is 5.76. The molecule has 0 aliphatic carbocycles. The first-order valence-corrected chi connectivity index (χ1v) is 23.0. The average molecular weight is 803 g/mol. The van der Waals surface area contributed by atoms with Crippen LogP contribution in [0.3, 0.4) is 0 Å². The van der Waals surface area contributed by atoms with Gasteiger partial charge in [-0.15, -0.1) is 0 Å². The average Bonchev–Trinajstić information content (AvgIpc) is 3.22. The number of hydrogen-bond acceptors (Lipinski definition) is 6. The molecule has 0 aromatic rings. The molecule has 0 heterocycles. The van der Waals surface area contributed by atoms with Crippen molar-refractivity contribution in [2.24, 2.45) is 0 Å². The van der Waals surface area contributed by atoms with Crippen molar-refractivity contribution in [2.75, 3.05) is 13.2 Å². The Kier molecular flexibility index (Phi) is 42.7. The fraction of sp³-hybridized carbons (Fsp3) is 0.596. The monoisotopic (exact) mass is 803 g/mol. The highest BCUT2D eigenvalue weighted by Gasteiger charge is 2.19. The second-order valence-corrected chi connectivity index (χ2v) is 14.7. The van der Waals surface area contributed by atoms with Crippen molar-refractivity contribution in [2.45, 2.75) is 187 Å². The van der Waals surface area contributed by atoms with Gasteiger partial charge >= 0.3 is 17.9 Å². The smallest absolute Gasteiger partial charge is 0.306 e. The van der Waals surface area contributed by atoms with Crippen LogP contribution in [0, 0.1) is 0 Å². The summed E-state index contributed by atoms with van der Waals surface area (Å²) in [6.07, 6.45) is 60.8. The van der Waals surface area contributed by atoms with Crippen molar-refractivity contribution in [3.8, 4) is 0 Å². The van der Waals surface area contributed by atoms with E-state index in [0.717, 1.165) is 83.5 Å². The highest BCUT2D eigenvalue weighted by molar-refractivity contribution is 5.71. The molecule has 0 N–H and O–H groups in total. The summed E-state index contributed by atoms with van der Waals surface area (Å²) in [4.78, 5) is 37.7. The van der Waals surface area contributed by atoms with Gasteiger partial charge in [-0.1, -0.05) is 201 Å². The SMILES string of the molecule is CC\C=C/C=C\C=C/C=C\C=C/CCCC(=O)OC(COC(=O)CCCCC/C=C\C/C=C\C/C=C\C/C=C\CC)COC(=O)CCCCCCCCCCCCC. The standard InChI is InChI=1S/C52H82O6/c1-4-7-10-13-16-19-22-24-25-26-28-30-33-36-39-42-45-51(54)57-48-49(47-56-50(53)44-41-38-35-32-29-21-18-15-12-9-6-3)58-52(55)46-43-40-37-34-31-27-23-20-17-14-11-8-5-2/h7-8,10-11,14,16-17,19-20,23-25,27-28,30-31,34,37,49H,4-6,9,12-13,15,18,21-22,26,29,32-33,35-36,38-48H2,1-3H3/b10-7-,11-8-,17-14-,19-16-,23-20-,25-24-,30-28-,31-27-,37-34-. The predicted molar refractivity (Wildman–Crippen MR) is 247 cm³/mol. The van der Waals surface area contributed by atoms with E-state index in [9.17, 15) is 14.4 Å². The van der Waals surface area contributed by atoms with Crippen LogP contribution < -0.4 is 0 Å². The Hall–Kier alpha value is -3.93. The maximum absolute atomic E-state index is 12.7. The number of allylic oxidation sites excluding steroid dienone is 18. The van der Waals surface area contributed by atoms with E-state index in [4.69, 9.17) is 14.2 Å². The van der Waals surface area contributed by atoms with E-state index in [0.29, 0.717) is 19.3 Å². The van der Waals surface area contributed by atoms with E-state index < -0.39 is 12.1 Å². The molecule has 0 bridgehead atoms. The minimum Gasteiger partial charge on any atom is -0.462 e. The van der Waals surface area contributed by atoms with Crippen LogP contribution in [0.5, 0.6) is 0 Å². The topological polar surface area (TPSA) is 78.9 Å². The van der Waals surface area contributed by atoms with Crippen molar-refractivity contribution in [1.82, 2.24) is 0 Å². The van der Waals surface area contributed by atoms with E-state index in [1.54, 1.807) is 0 Å². The third-order valence-corrected chi connectivity index (χ3v) is 9.15. The van der Waals surface area contributed by atoms with Crippen LogP contribution in [-0.4, -0.2) is 37.2 Å². The molecule has 6 heteroatoms. The zero-order valence-electron chi connectivity index (χ0n) is 37.0. The predicted octanol–water partition coefficient (Wildman–Crippen LogP) is 14.8. The lowest BCUT2D eigenvalue weighted by Crippen LogP contribution is -2.30. The van der Waals surface area contributed by atoms with Crippen LogP contribution in [0.2, 0.25) is 0 Å². The Morgan fingerprint density at radius 1 is 0.379 bits per heavy atom. The van der Waals surface area contributed by atoms with Crippen LogP contribution in [0.15, 0.2) is 109 Å². The Labute approximate surface area is 355 Å². The van der Waals surface area contributed by atoms with Gasteiger partial charge in [0.15, 0.2) is 6.10 Å². The largest absolute Gasteiger partial charge is 0.462 e. The van der Waals surface area contributed by atoms with Gasteiger partial charge in [-0.3, -0.25) is 14.4 Å². The molecule has 6 nitrogen and oxygen atoms in total. The quantitative estimate of drug-likeness (QED) is 0.0202. The first-order valence-electron chi connectivity index (χ1n) is 23.0. The van der Waals surface area contributed by atoms with Crippen LogP contribution in [0.25, 0.3) is 0 Å². The zero-order chi connectivity index (χ0) is 42.3. The summed E-state index contributed by atoms with van der Waals surface area (Å²) in [6, 6.07) is 0. The molecule has 326 valence electrons. The van der Waals surface area contributed by atoms with E-state index in [1.807, 2.05) is 54.7 Å². The Balaban J connectivity index is 4.56. The molecule has 58 heavy (non-hydrogen) atoms. The number of rotatable bonds is 39. The van der Waals surface area contributed by atoms with Crippen LogP contribution in [-0.2, 0) is 28.6 Å². The van der Waals surface area contributed by atoms with Crippen molar-refractivity contribution in [3.05, 3.63) is 109 Å². The first-order chi connectivity index (χ1) is 28.5. The van der Waals surface area contributed by atoms with Crippen molar-refractivity contribution >= 4 is 17.9 Å². The molecule has 0 aliphatic rings. The van der Waals surface area contributed by atoms with Gasteiger partial charge in [-0.25, -0.2) is 0 Å². The Bertz CT molecular complexity index is 1240. The molecule has 0 amide bonds. The van der Waals surface area contributed by atoms with E-state index in [1.165, 1.54) is 51.4 Å². The molecule has 0 saturated carbocycles. The van der Waals surface area contributed by atoms with Crippen molar-refractivity contribution in [1.29, 1.82) is 0 Å². The van der Waals surface area contributed by atoms with Crippen LogP contribution in [0.4, 0.5) is 0 Å². The lowest BCUT2D eigenvalue weighted by molar-refractivity contribution is -0.167. The van der Waals surface area contributed by atoms with E-state index in [-0.39, 0.29) is 31.6 Å². The summed E-state index contributed by atoms with van der Waals surface area (Å²) >= 11 is 0. The minimum absolute atomic E-state index is 0.118. The third kappa shape index (κ3) is 43.2. The summed E-state index contributed by atoms with van der Waals surface area (Å²) < 4.78 is 16.6. The highest BCUT2D eigenvalue weighted by atomic mass is 16.6. The molecule has 0 aromatic carbocycles. The second-order valence-electron chi connectivity index (χ2n) is 14.7. The Morgan fingerprint density at radius 3 is 1.29 bits per heavy atom. The molecular formula is C52H82O6. The van der Waals surface area contributed by atoms with Gasteiger partial charge in [0.05, 0.1) is 0 Å². The third-order valence-electron chi connectivity index (χ3n) is 9.15. The lowest BCUT2D eigenvalue weighted by Gasteiger charge is -2.18. The lowest BCUT2D eigenvalue weighted by atomic mass is 10.1. The molecule has 0 saturated heterocycles. The minimum atomic E-state index is -0.826. The molecule has 0 aliphatic heterocycles. The molecule has 0 aromatic heterocycles. The number of carbonyl (C=O) groups is 3. The van der Waals surface area contributed by atoms with Crippen LogP contribution >= 0.6 is 0 Å². The maximum Gasteiger partial charge on any atom is 0.306 e. The van der Waals surface area contributed by atoms with Crippen LogP contribution in [0.1, 0.15) is 181 Å². The maximum atomic E-state index is 12.7. The molecule has 0 rings (SSSR count). The second kappa shape index (κ2) is 45.8. The summed E-state index contributed by atoms with van der Waals surface area (Å²) in [5, 5.41) is 0. The molecule has 0 fully saturated rings. The number of esters is 3. The summed E-state index contributed by atoms with van der Waals surface area (Å²) in [5.74, 6) is -1.04. The number of unbranched alkanes of at least 4 members (excludes halogenated alkanes) is 14. The van der Waals surface area contributed by atoms with Gasteiger partial charge < -0.3 is 14.2 Å². The molecule has 0 radical (unpaired) electrons. The zero-order valence-corrected chi connectivity index (χ0v) is 37.0. The van der Waals surface area contributed by atoms with Gasteiger partial charge in [0.25, 0.3) is 0 Å². The van der Waals surface area contributed by atoms with Gasteiger partial charge in [0, 0.05) is 19.3 Å². The first kappa shape index (κ1) is 54.1. The molecule has 1 unspecified atom stereocenters. The number of hydrogen-bond donors (Lipinski definition) is 0.